The molecule has 0 unspecified atom stereocenters. The van der Waals surface area contributed by atoms with Crippen molar-refractivity contribution in [1.82, 2.24) is 19.9 Å². The van der Waals surface area contributed by atoms with E-state index in [0.717, 1.165) is 6.07 Å². The van der Waals surface area contributed by atoms with Gasteiger partial charge in [0.1, 0.15) is 16.4 Å². The molecule has 0 spiro atoms. The van der Waals surface area contributed by atoms with Gasteiger partial charge in [-0.1, -0.05) is 19.1 Å². The van der Waals surface area contributed by atoms with E-state index in [-0.39, 0.29) is 29.6 Å². The molecular weight excluding hydrogens is 513 g/mol. The Morgan fingerprint density at radius 1 is 1.13 bits per heavy atom. The number of fused-ring (bicyclic) bond motifs is 1. The van der Waals surface area contributed by atoms with Gasteiger partial charge in [-0.3, -0.25) is 18.9 Å². The van der Waals surface area contributed by atoms with Gasteiger partial charge in [0.2, 0.25) is 11.8 Å². The molecule has 2 aromatic heterocycles. The molecular formula is C26H26FN5O5S. The molecule has 10 nitrogen and oxygen atoms in total. The maximum absolute atomic E-state index is 14.4. The average molecular weight is 540 g/mol. The lowest BCUT2D eigenvalue weighted by Crippen LogP contribution is -2.32. The summed E-state index contributed by atoms with van der Waals surface area (Å²) >= 11 is 0. The zero-order chi connectivity index (χ0) is 27.6. The van der Waals surface area contributed by atoms with E-state index in [0.29, 0.717) is 27.6 Å². The molecule has 0 fully saturated rings. The molecule has 38 heavy (non-hydrogen) atoms. The van der Waals surface area contributed by atoms with Gasteiger partial charge in [0.15, 0.2) is 0 Å². The predicted octanol–water partition coefficient (Wildman–Crippen LogP) is 3.10. The molecule has 1 amide bonds. The van der Waals surface area contributed by atoms with Crippen molar-refractivity contribution >= 4 is 32.5 Å². The second kappa shape index (κ2) is 10.6. The maximum atomic E-state index is 14.4. The summed E-state index contributed by atoms with van der Waals surface area (Å²) in [5.74, 6) is -1.54. The Morgan fingerprint density at radius 2 is 1.89 bits per heavy atom. The Labute approximate surface area is 218 Å². The number of benzene rings is 2. The van der Waals surface area contributed by atoms with Crippen molar-refractivity contribution < 1.29 is 22.3 Å². The smallest absolute Gasteiger partial charge is 0.264 e. The number of carbonyl (C=O) groups is 1. The molecule has 2 N–H and O–H groups in total. The van der Waals surface area contributed by atoms with Gasteiger partial charge in [0, 0.05) is 25.4 Å². The molecule has 4 aromatic rings. The summed E-state index contributed by atoms with van der Waals surface area (Å²) in [6.07, 6.45) is 2.86. The molecule has 12 heteroatoms. The summed E-state index contributed by atoms with van der Waals surface area (Å²) in [6, 6.07) is 10.3. The van der Waals surface area contributed by atoms with Crippen LogP contribution in [0.4, 0.5) is 10.1 Å². The molecule has 2 aromatic carbocycles. The van der Waals surface area contributed by atoms with E-state index in [2.05, 4.69) is 20.0 Å². The minimum absolute atomic E-state index is 0.00641. The van der Waals surface area contributed by atoms with Crippen molar-refractivity contribution in [2.45, 2.75) is 25.3 Å². The van der Waals surface area contributed by atoms with Gasteiger partial charge in [-0.05, 0) is 48.4 Å². The van der Waals surface area contributed by atoms with E-state index in [1.165, 1.54) is 49.4 Å². The first-order valence-corrected chi connectivity index (χ1v) is 13.1. The molecule has 4 rings (SSSR count). The third-order valence-electron chi connectivity index (χ3n) is 5.99. The summed E-state index contributed by atoms with van der Waals surface area (Å²) in [4.78, 5) is 33.1. The molecule has 1 atom stereocenters. The van der Waals surface area contributed by atoms with Crippen molar-refractivity contribution in [3.05, 3.63) is 76.7 Å². The number of halogens is 1. The third kappa shape index (κ3) is 5.35. The molecule has 0 aliphatic rings. The van der Waals surface area contributed by atoms with Gasteiger partial charge in [-0.15, -0.1) is 0 Å². The standard InChI is InChI=1S/C26H26FN5O5S/c1-15-5-8-23(20(27)9-15)38(35,36)31-22-11-18(12-29-25(22)37-4)17-6-7-21-19(10-17)26(34)32(14-30-21)13-16(2)24(33)28-3/h5-12,14,16,31H,13H2,1-4H3,(H,28,33)/t16-/m0/s1. The van der Waals surface area contributed by atoms with Gasteiger partial charge >= 0.3 is 0 Å². The van der Waals surface area contributed by atoms with Crippen LogP contribution in [0.2, 0.25) is 0 Å². The normalized spacial score (nSPS) is 12.2. The molecule has 2 heterocycles. The van der Waals surface area contributed by atoms with Crippen LogP contribution >= 0.6 is 0 Å². The minimum atomic E-state index is -4.30. The lowest BCUT2D eigenvalue weighted by molar-refractivity contribution is -0.124. The molecule has 0 bridgehead atoms. The summed E-state index contributed by atoms with van der Waals surface area (Å²) in [6.45, 7) is 3.51. The zero-order valence-electron chi connectivity index (χ0n) is 21.1. The van der Waals surface area contributed by atoms with E-state index in [1.807, 2.05) is 0 Å². The number of aromatic nitrogens is 3. The molecule has 0 saturated heterocycles. The lowest BCUT2D eigenvalue weighted by atomic mass is 10.0. The van der Waals surface area contributed by atoms with Crippen molar-refractivity contribution in [2.75, 3.05) is 18.9 Å². The number of aryl methyl sites for hydroxylation is 1. The number of pyridine rings is 1. The highest BCUT2D eigenvalue weighted by atomic mass is 32.2. The van der Waals surface area contributed by atoms with Crippen LogP contribution in [0, 0.1) is 18.7 Å². The number of carbonyl (C=O) groups excluding carboxylic acids is 1. The van der Waals surface area contributed by atoms with Crippen LogP contribution in [0.5, 0.6) is 5.88 Å². The number of anilines is 1. The fourth-order valence-corrected chi connectivity index (χ4v) is 5.07. The summed E-state index contributed by atoms with van der Waals surface area (Å²) in [5, 5.41) is 2.87. The molecule has 0 saturated carbocycles. The van der Waals surface area contributed by atoms with Crippen LogP contribution in [-0.2, 0) is 21.4 Å². The highest BCUT2D eigenvalue weighted by Crippen LogP contribution is 2.31. The van der Waals surface area contributed by atoms with Gasteiger partial charge in [-0.2, -0.15) is 0 Å². The first-order valence-electron chi connectivity index (χ1n) is 11.6. The predicted molar refractivity (Wildman–Crippen MR) is 141 cm³/mol. The largest absolute Gasteiger partial charge is 0.480 e. The van der Waals surface area contributed by atoms with Crippen molar-refractivity contribution in [3.8, 4) is 17.0 Å². The summed E-state index contributed by atoms with van der Waals surface area (Å²) < 4.78 is 49.2. The molecule has 198 valence electrons. The van der Waals surface area contributed by atoms with Crippen LogP contribution in [0.15, 0.2) is 64.7 Å². The molecule has 0 aliphatic carbocycles. The monoisotopic (exact) mass is 539 g/mol. The number of amides is 1. The first kappa shape index (κ1) is 26.7. The highest BCUT2D eigenvalue weighted by Gasteiger charge is 2.22. The molecule has 0 aliphatic heterocycles. The quantitative estimate of drug-likeness (QED) is 0.352. The SMILES string of the molecule is CNC(=O)[C@@H](C)Cn1cnc2ccc(-c3cnc(OC)c(NS(=O)(=O)c4ccc(C)cc4F)c3)cc2c1=O. The summed E-state index contributed by atoms with van der Waals surface area (Å²) in [7, 11) is -1.44. The van der Waals surface area contributed by atoms with Crippen LogP contribution in [0.25, 0.3) is 22.0 Å². The van der Waals surface area contributed by atoms with E-state index in [4.69, 9.17) is 4.74 Å². The van der Waals surface area contributed by atoms with Crippen molar-refractivity contribution in [2.24, 2.45) is 5.92 Å². The van der Waals surface area contributed by atoms with Crippen LogP contribution in [0.3, 0.4) is 0 Å². The second-order valence-electron chi connectivity index (χ2n) is 8.77. The fourth-order valence-electron chi connectivity index (χ4n) is 3.96. The maximum Gasteiger partial charge on any atom is 0.264 e. The number of rotatable bonds is 8. The number of ether oxygens (including phenoxy) is 1. The van der Waals surface area contributed by atoms with Crippen molar-refractivity contribution in [3.63, 3.8) is 0 Å². The minimum Gasteiger partial charge on any atom is -0.480 e. The molecule has 0 radical (unpaired) electrons. The van der Waals surface area contributed by atoms with Crippen LogP contribution in [-0.4, -0.2) is 43.0 Å². The van der Waals surface area contributed by atoms with E-state index < -0.39 is 26.7 Å². The van der Waals surface area contributed by atoms with E-state index in [1.54, 1.807) is 32.0 Å². The first-order chi connectivity index (χ1) is 18.0. The van der Waals surface area contributed by atoms with Gasteiger partial charge < -0.3 is 10.1 Å². The van der Waals surface area contributed by atoms with Crippen molar-refractivity contribution in [1.29, 1.82) is 0 Å². The Kier molecular flexibility index (Phi) is 7.44. The Balaban J connectivity index is 1.73. The van der Waals surface area contributed by atoms with Crippen LogP contribution < -0.4 is 20.3 Å². The number of sulfonamides is 1. The fraction of sp³-hybridized carbons (Fsp3) is 0.231. The number of nitrogens with zero attached hydrogens (tertiary/aromatic N) is 3. The number of methoxy groups -OCH3 is 1. The van der Waals surface area contributed by atoms with E-state index in [9.17, 15) is 22.4 Å². The number of hydrogen-bond donors (Lipinski definition) is 2. The Bertz CT molecular complexity index is 1700. The summed E-state index contributed by atoms with van der Waals surface area (Å²) in [5.41, 5.74) is 1.74. The zero-order valence-corrected chi connectivity index (χ0v) is 22.0. The second-order valence-corrected chi connectivity index (χ2v) is 10.4. The Hall–Kier alpha value is -4.32. The van der Waals surface area contributed by atoms with E-state index >= 15 is 0 Å². The van der Waals surface area contributed by atoms with Gasteiger partial charge in [0.25, 0.3) is 15.6 Å². The number of hydrogen-bond acceptors (Lipinski definition) is 7. The number of nitrogens with one attached hydrogen (secondary N) is 2. The van der Waals surface area contributed by atoms with Gasteiger partial charge in [-0.25, -0.2) is 22.8 Å². The van der Waals surface area contributed by atoms with Crippen LogP contribution in [0.1, 0.15) is 12.5 Å². The van der Waals surface area contributed by atoms with Gasteiger partial charge in [0.05, 0.1) is 30.3 Å². The average Bonchev–Trinajstić information content (AvgIpc) is 2.89. The topological polar surface area (TPSA) is 132 Å². The third-order valence-corrected chi connectivity index (χ3v) is 7.39. The Morgan fingerprint density at radius 3 is 2.58 bits per heavy atom. The lowest BCUT2D eigenvalue weighted by Gasteiger charge is -2.14. The highest BCUT2D eigenvalue weighted by molar-refractivity contribution is 7.92.